The Balaban J connectivity index is 2.25. The van der Waals surface area contributed by atoms with E-state index >= 15 is 0 Å². The fourth-order valence-electron chi connectivity index (χ4n) is 1.58. The Morgan fingerprint density at radius 1 is 1.19 bits per heavy atom. The maximum Gasteiger partial charge on any atom is 0.330 e. The van der Waals surface area contributed by atoms with Gasteiger partial charge in [-0.05, 0) is 47.0 Å². The number of ether oxygens (including phenoxy) is 2. The van der Waals surface area contributed by atoms with E-state index in [0.29, 0.717) is 11.7 Å². The molecule has 0 aliphatic heterocycles. The first-order valence-corrected chi connectivity index (χ1v) is 7.39. The second-order valence-electron chi connectivity index (χ2n) is 4.39. The molecule has 0 saturated heterocycles. The Kier molecular flexibility index (Phi) is 5.32. The number of aryl methyl sites for hydroxylation is 1. The Labute approximate surface area is 132 Å². The molecule has 112 valence electrons. The molecule has 7 heteroatoms. The largest absolute Gasteiger partial charge is 0.467 e. The molecule has 0 radical (unpaired) electrons. The molecule has 2 rings (SSSR count). The lowest BCUT2D eigenvalue weighted by Crippen LogP contribution is -2.07. The Morgan fingerprint density at radius 2 is 1.95 bits per heavy atom. The van der Waals surface area contributed by atoms with Gasteiger partial charge in [0.2, 0.25) is 5.95 Å². The van der Waals surface area contributed by atoms with E-state index in [1.54, 1.807) is 0 Å². The molecular formula is C14H17BrN4O2. The van der Waals surface area contributed by atoms with Gasteiger partial charge in [-0.3, -0.25) is 0 Å². The van der Waals surface area contributed by atoms with E-state index in [9.17, 15) is 0 Å². The summed E-state index contributed by atoms with van der Waals surface area (Å²) in [6, 6.07) is 6.17. The number of halogens is 1. The summed E-state index contributed by atoms with van der Waals surface area (Å²) < 4.78 is 11.6. The zero-order chi connectivity index (χ0) is 15.2. The highest BCUT2D eigenvalue weighted by molar-refractivity contribution is 9.10. The molecule has 21 heavy (non-hydrogen) atoms. The highest BCUT2D eigenvalue weighted by Crippen LogP contribution is 2.29. The predicted molar refractivity (Wildman–Crippen MR) is 84.1 cm³/mol. The molecule has 0 unspecified atom stereocenters. The standard InChI is InChI=1S/C14H17BrN4O2/c1-4-7-16-12-17-13(20-3)19-14(18-12)21-11-6-5-9(2)8-10(11)15/h5-6,8H,4,7H2,1-3H3,(H,16,17,18,19). The molecule has 6 nitrogen and oxygen atoms in total. The van der Waals surface area contributed by atoms with Gasteiger partial charge >= 0.3 is 12.0 Å². The van der Waals surface area contributed by atoms with Gasteiger partial charge in [-0.15, -0.1) is 4.98 Å². The minimum Gasteiger partial charge on any atom is -0.467 e. The molecular weight excluding hydrogens is 336 g/mol. The van der Waals surface area contributed by atoms with Gasteiger partial charge < -0.3 is 14.8 Å². The summed E-state index contributed by atoms with van der Waals surface area (Å²) in [7, 11) is 1.50. The van der Waals surface area contributed by atoms with Crippen LogP contribution in [0.5, 0.6) is 17.8 Å². The molecule has 0 aliphatic rings. The minimum absolute atomic E-state index is 0.185. The topological polar surface area (TPSA) is 69.2 Å². The third-order valence-electron chi connectivity index (χ3n) is 2.60. The van der Waals surface area contributed by atoms with Crippen molar-refractivity contribution in [3.63, 3.8) is 0 Å². The molecule has 1 N–H and O–H groups in total. The lowest BCUT2D eigenvalue weighted by molar-refractivity contribution is 0.359. The number of nitrogens with zero attached hydrogens (tertiary/aromatic N) is 3. The van der Waals surface area contributed by atoms with Gasteiger partial charge in [0.05, 0.1) is 11.6 Å². The van der Waals surface area contributed by atoms with Gasteiger partial charge in [-0.1, -0.05) is 13.0 Å². The molecule has 2 aromatic rings. The number of hydrogen-bond acceptors (Lipinski definition) is 6. The van der Waals surface area contributed by atoms with E-state index in [2.05, 4.69) is 43.1 Å². The quantitative estimate of drug-likeness (QED) is 0.856. The summed E-state index contributed by atoms with van der Waals surface area (Å²) in [5, 5.41) is 3.09. The highest BCUT2D eigenvalue weighted by Gasteiger charge is 2.10. The van der Waals surface area contributed by atoms with Crippen LogP contribution in [-0.4, -0.2) is 28.6 Å². The fourth-order valence-corrected chi connectivity index (χ4v) is 2.15. The van der Waals surface area contributed by atoms with Crippen molar-refractivity contribution in [2.24, 2.45) is 0 Å². The highest BCUT2D eigenvalue weighted by atomic mass is 79.9. The van der Waals surface area contributed by atoms with Gasteiger partial charge in [-0.2, -0.15) is 9.97 Å². The molecule has 1 heterocycles. The monoisotopic (exact) mass is 352 g/mol. The predicted octanol–water partition coefficient (Wildman–Crippen LogP) is 3.57. The average Bonchev–Trinajstić information content (AvgIpc) is 2.48. The van der Waals surface area contributed by atoms with Crippen molar-refractivity contribution in [3.05, 3.63) is 28.2 Å². The van der Waals surface area contributed by atoms with E-state index in [0.717, 1.165) is 23.0 Å². The summed E-state index contributed by atoms with van der Waals surface area (Å²) in [5.74, 6) is 1.07. The summed E-state index contributed by atoms with van der Waals surface area (Å²) in [6.07, 6.45) is 0.966. The SMILES string of the molecule is CCCNc1nc(OC)nc(Oc2ccc(C)cc2Br)n1. The number of aromatic nitrogens is 3. The van der Waals surface area contributed by atoms with Crippen LogP contribution in [0.15, 0.2) is 22.7 Å². The Bertz CT molecular complexity index is 622. The number of rotatable bonds is 6. The molecule has 0 atom stereocenters. The van der Waals surface area contributed by atoms with Crippen LogP contribution in [0.4, 0.5) is 5.95 Å². The van der Waals surface area contributed by atoms with Crippen molar-refractivity contribution in [2.45, 2.75) is 20.3 Å². The van der Waals surface area contributed by atoms with Crippen LogP contribution < -0.4 is 14.8 Å². The first-order chi connectivity index (χ1) is 10.1. The van der Waals surface area contributed by atoms with E-state index in [-0.39, 0.29) is 12.0 Å². The molecule has 0 saturated carbocycles. The maximum atomic E-state index is 5.70. The first-order valence-electron chi connectivity index (χ1n) is 6.60. The molecule has 1 aromatic carbocycles. The molecule has 1 aromatic heterocycles. The molecule has 0 fully saturated rings. The van der Waals surface area contributed by atoms with Crippen LogP contribution in [0.3, 0.4) is 0 Å². The maximum absolute atomic E-state index is 5.70. The lowest BCUT2D eigenvalue weighted by Gasteiger charge is -2.09. The third kappa shape index (κ3) is 4.29. The summed E-state index contributed by atoms with van der Waals surface area (Å²) in [5.41, 5.74) is 1.13. The summed E-state index contributed by atoms with van der Waals surface area (Å²) in [4.78, 5) is 12.4. The Hall–Kier alpha value is -1.89. The van der Waals surface area contributed by atoms with Crippen LogP contribution in [0.2, 0.25) is 0 Å². The van der Waals surface area contributed by atoms with Gasteiger partial charge in [-0.25, -0.2) is 0 Å². The van der Waals surface area contributed by atoms with Crippen molar-refractivity contribution >= 4 is 21.9 Å². The second-order valence-corrected chi connectivity index (χ2v) is 5.25. The van der Waals surface area contributed by atoms with E-state index in [1.165, 1.54) is 7.11 Å². The van der Waals surface area contributed by atoms with E-state index < -0.39 is 0 Å². The second kappa shape index (κ2) is 7.21. The van der Waals surface area contributed by atoms with Crippen LogP contribution in [0, 0.1) is 6.92 Å². The molecule has 0 amide bonds. The average molecular weight is 353 g/mol. The third-order valence-corrected chi connectivity index (χ3v) is 3.22. The number of benzene rings is 1. The summed E-state index contributed by atoms with van der Waals surface area (Å²) >= 11 is 3.46. The molecule has 0 aliphatic carbocycles. The van der Waals surface area contributed by atoms with Crippen molar-refractivity contribution in [2.75, 3.05) is 19.0 Å². The number of anilines is 1. The van der Waals surface area contributed by atoms with E-state index in [1.807, 2.05) is 25.1 Å². The van der Waals surface area contributed by atoms with Gasteiger partial charge in [0, 0.05) is 6.54 Å². The van der Waals surface area contributed by atoms with Crippen molar-refractivity contribution in [3.8, 4) is 17.8 Å². The zero-order valence-corrected chi connectivity index (χ0v) is 13.8. The van der Waals surface area contributed by atoms with Crippen LogP contribution >= 0.6 is 15.9 Å². The number of nitrogens with one attached hydrogen (secondary N) is 1. The zero-order valence-electron chi connectivity index (χ0n) is 12.2. The van der Waals surface area contributed by atoms with Crippen LogP contribution in [0.25, 0.3) is 0 Å². The lowest BCUT2D eigenvalue weighted by atomic mass is 10.2. The van der Waals surface area contributed by atoms with Crippen molar-refractivity contribution in [1.82, 2.24) is 15.0 Å². The van der Waals surface area contributed by atoms with E-state index in [4.69, 9.17) is 9.47 Å². The van der Waals surface area contributed by atoms with Crippen molar-refractivity contribution < 1.29 is 9.47 Å². The van der Waals surface area contributed by atoms with Gasteiger partial charge in [0.15, 0.2) is 0 Å². The number of hydrogen-bond donors (Lipinski definition) is 1. The molecule has 0 spiro atoms. The minimum atomic E-state index is 0.185. The smallest absolute Gasteiger partial charge is 0.330 e. The van der Waals surface area contributed by atoms with Crippen LogP contribution in [-0.2, 0) is 0 Å². The molecule has 0 bridgehead atoms. The van der Waals surface area contributed by atoms with Crippen molar-refractivity contribution in [1.29, 1.82) is 0 Å². The first kappa shape index (κ1) is 15.5. The summed E-state index contributed by atoms with van der Waals surface area (Å²) in [6.45, 7) is 4.83. The number of methoxy groups -OCH3 is 1. The Morgan fingerprint density at radius 3 is 2.62 bits per heavy atom. The van der Waals surface area contributed by atoms with Crippen LogP contribution in [0.1, 0.15) is 18.9 Å². The van der Waals surface area contributed by atoms with Gasteiger partial charge in [0.1, 0.15) is 5.75 Å². The fraction of sp³-hybridized carbons (Fsp3) is 0.357. The normalized spacial score (nSPS) is 10.3. The van der Waals surface area contributed by atoms with Gasteiger partial charge in [0.25, 0.3) is 0 Å².